The molecule has 0 saturated carbocycles. The van der Waals surface area contributed by atoms with Gasteiger partial charge in [-0.1, -0.05) is 42.5 Å². The first-order chi connectivity index (χ1) is 13.8. The van der Waals surface area contributed by atoms with Crippen molar-refractivity contribution in [3.05, 3.63) is 60.2 Å². The molecule has 1 saturated heterocycles. The maximum atomic E-state index is 5.98. The average molecular weight is 378 g/mol. The standard InChI is InChI=1S/C22H26N4O2/c1-2-28-20(17-8-4-3-5-9-17)16-23-21-22(26-12-14-27-15-13-26)25-19-11-7-6-10-18(19)24-21/h3-11,20H,2,12-16H2,1H3,(H,23,24). The Labute approximate surface area is 165 Å². The summed E-state index contributed by atoms with van der Waals surface area (Å²) in [6, 6.07) is 18.3. The van der Waals surface area contributed by atoms with E-state index in [1.807, 2.05) is 49.4 Å². The molecule has 2 heterocycles. The Morgan fingerprint density at radius 1 is 1.00 bits per heavy atom. The van der Waals surface area contributed by atoms with Gasteiger partial charge in [-0.2, -0.15) is 0 Å². The minimum Gasteiger partial charge on any atom is -0.378 e. The third kappa shape index (κ3) is 4.24. The van der Waals surface area contributed by atoms with Crippen molar-refractivity contribution < 1.29 is 9.47 Å². The third-order valence-electron chi connectivity index (χ3n) is 4.86. The van der Waals surface area contributed by atoms with Crippen molar-refractivity contribution in [1.29, 1.82) is 0 Å². The molecule has 0 radical (unpaired) electrons. The van der Waals surface area contributed by atoms with E-state index in [1.165, 1.54) is 0 Å². The quantitative estimate of drug-likeness (QED) is 0.677. The molecule has 6 heteroatoms. The van der Waals surface area contributed by atoms with Gasteiger partial charge in [-0.3, -0.25) is 0 Å². The molecule has 28 heavy (non-hydrogen) atoms. The van der Waals surface area contributed by atoms with E-state index >= 15 is 0 Å². The zero-order valence-corrected chi connectivity index (χ0v) is 16.2. The summed E-state index contributed by atoms with van der Waals surface area (Å²) in [4.78, 5) is 12.0. The number of rotatable bonds is 7. The first-order valence-electron chi connectivity index (χ1n) is 9.85. The molecule has 1 atom stereocenters. The zero-order valence-electron chi connectivity index (χ0n) is 16.2. The van der Waals surface area contributed by atoms with Gasteiger partial charge in [-0.05, 0) is 24.6 Å². The number of morpholine rings is 1. The van der Waals surface area contributed by atoms with E-state index in [0.717, 1.165) is 41.3 Å². The fourth-order valence-electron chi connectivity index (χ4n) is 3.44. The van der Waals surface area contributed by atoms with Gasteiger partial charge < -0.3 is 19.7 Å². The SMILES string of the molecule is CCOC(CNc1nc2ccccc2nc1N1CCOCC1)c1ccccc1. The van der Waals surface area contributed by atoms with E-state index in [0.29, 0.717) is 26.4 Å². The Balaban J connectivity index is 1.62. The Morgan fingerprint density at radius 3 is 2.39 bits per heavy atom. The van der Waals surface area contributed by atoms with Crippen LogP contribution in [0.4, 0.5) is 11.6 Å². The Bertz CT molecular complexity index is 897. The second-order valence-corrected chi connectivity index (χ2v) is 6.72. The lowest BCUT2D eigenvalue weighted by Crippen LogP contribution is -2.37. The lowest BCUT2D eigenvalue weighted by molar-refractivity contribution is 0.0718. The molecule has 0 bridgehead atoms. The van der Waals surface area contributed by atoms with Gasteiger partial charge in [0.15, 0.2) is 11.6 Å². The maximum absolute atomic E-state index is 5.98. The van der Waals surface area contributed by atoms with E-state index in [4.69, 9.17) is 19.4 Å². The highest BCUT2D eigenvalue weighted by Gasteiger charge is 2.20. The summed E-state index contributed by atoms with van der Waals surface area (Å²) in [6.07, 6.45) is -0.0444. The van der Waals surface area contributed by atoms with Gasteiger partial charge in [0, 0.05) is 26.2 Å². The van der Waals surface area contributed by atoms with Gasteiger partial charge in [0.2, 0.25) is 0 Å². The summed E-state index contributed by atoms with van der Waals surface area (Å²) in [7, 11) is 0. The number of fused-ring (bicyclic) bond motifs is 1. The van der Waals surface area contributed by atoms with Crippen LogP contribution in [0.15, 0.2) is 54.6 Å². The largest absolute Gasteiger partial charge is 0.378 e. The predicted molar refractivity (Wildman–Crippen MR) is 112 cm³/mol. The molecule has 6 nitrogen and oxygen atoms in total. The summed E-state index contributed by atoms with van der Waals surface area (Å²) in [5.74, 6) is 1.67. The Morgan fingerprint density at radius 2 is 1.68 bits per heavy atom. The molecule has 1 aliphatic rings. The number of benzene rings is 2. The topological polar surface area (TPSA) is 59.5 Å². The van der Waals surface area contributed by atoms with Crippen LogP contribution < -0.4 is 10.2 Å². The second kappa shape index (κ2) is 8.99. The summed E-state index contributed by atoms with van der Waals surface area (Å²) in [5.41, 5.74) is 2.94. The smallest absolute Gasteiger partial charge is 0.172 e. The van der Waals surface area contributed by atoms with Crippen molar-refractivity contribution in [1.82, 2.24) is 9.97 Å². The highest BCUT2D eigenvalue weighted by atomic mass is 16.5. The van der Waals surface area contributed by atoms with Crippen LogP contribution in [0.5, 0.6) is 0 Å². The molecule has 3 aromatic rings. The van der Waals surface area contributed by atoms with Crippen LogP contribution in [0.25, 0.3) is 11.0 Å². The molecule has 1 aliphatic heterocycles. The van der Waals surface area contributed by atoms with E-state index in [2.05, 4.69) is 22.3 Å². The van der Waals surface area contributed by atoms with Crippen LogP contribution in [0.2, 0.25) is 0 Å². The molecule has 0 amide bonds. The van der Waals surface area contributed by atoms with Gasteiger partial charge in [0.05, 0.1) is 30.4 Å². The Hall–Kier alpha value is -2.70. The van der Waals surface area contributed by atoms with Crippen molar-refractivity contribution >= 4 is 22.7 Å². The number of hydrogen-bond acceptors (Lipinski definition) is 6. The van der Waals surface area contributed by atoms with Crippen LogP contribution >= 0.6 is 0 Å². The van der Waals surface area contributed by atoms with Gasteiger partial charge >= 0.3 is 0 Å². The summed E-state index contributed by atoms with van der Waals surface area (Å²) >= 11 is 0. The molecule has 2 aromatic carbocycles. The summed E-state index contributed by atoms with van der Waals surface area (Å²) in [5, 5.41) is 3.50. The van der Waals surface area contributed by atoms with Crippen molar-refractivity contribution in [3.63, 3.8) is 0 Å². The van der Waals surface area contributed by atoms with E-state index in [-0.39, 0.29) is 6.10 Å². The lowest BCUT2D eigenvalue weighted by Gasteiger charge is -2.29. The average Bonchev–Trinajstić information content (AvgIpc) is 2.77. The van der Waals surface area contributed by atoms with Crippen LogP contribution in [0.1, 0.15) is 18.6 Å². The number of nitrogens with one attached hydrogen (secondary N) is 1. The molecule has 1 aromatic heterocycles. The summed E-state index contributed by atoms with van der Waals surface area (Å²) < 4.78 is 11.5. The molecule has 1 N–H and O–H groups in total. The fourth-order valence-corrected chi connectivity index (χ4v) is 3.44. The highest BCUT2D eigenvalue weighted by Crippen LogP contribution is 2.27. The summed E-state index contributed by atoms with van der Waals surface area (Å²) in [6.45, 7) is 6.34. The van der Waals surface area contributed by atoms with Crippen molar-refractivity contribution in [2.45, 2.75) is 13.0 Å². The first kappa shape index (κ1) is 18.7. The number of nitrogens with zero attached hydrogens (tertiary/aromatic N) is 3. The van der Waals surface area contributed by atoms with Crippen LogP contribution in [0.3, 0.4) is 0 Å². The molecule has 1 fully saturated rings. The number of para-hydroxylation sites is 2. The number of anilines is 2. The molecule has 0 spiro atoms. The lowest BCUT2D eigenvalue weighted by atomic mass is 10.1. The highest BCUT2D eigenvalue weighted by molar-refractivity contribution is 5.80. The Kier molecular flexibility index (Phi) is 5.99. The monoisotopic (exact) mass is 378 g/mol. The number of aromatic nitrogens is 2. The van der Waals surface area contributed by atoms with Crippen molar-refractivity contribution in [3.8, 4) is 0 Å². The molecular formula is C22H26N4O2. The first-order valence-corrected chi connectivity index (χ1v) is 9.85. The zero-order chi connectivity index (χ0) is 19.2. The molecule has 4 rings (SSSR count). The predicted octanol–water partition coefficient (Wildman–Crippen LogP) is 3.66. The van der Waals surface area contributed by atoms with Crippen molar-refractivity contribution in [2.75, 3.05) is 49.7 Å². The molecule has 0 aliphatic carbocycles. The van der Waals surface area contributed by atoms with Gasteiger partial charge in [-0.25, -0.2) is 9.97 Å². The molecular weight excluding hydrogens is 352 g/mol. The van der Waals surface area contributed by atoms with E-state index < -0.39 is 0 Å². The van der Waals surface area contributed by atoms with Gasteiger partial charge in [0.25, 0.3) is 0 Å². The number of hydrogen-bond donors (Lipinski definition) is 1. The normalized spacial score (nSPS) is 15.5. The minimum absolute atomic E-state index is 0.0444. The minimum atomic E-state index is -0.0444. The van der Waals surface area contributed by atoms with Gasteiger partial charge in [-0.15, -0.1) is 0 Å². The van der Waals surface area contributed by atoms with Gasteiger partial charge in [0.1, 0.15) is 0 Å². The molecule has 1 unspecified atom stereocenters. The fraction of sp³-hybridized carbons (Fsp3) is 0.364. The maximum Gasteiger partial charge on any atom is 0.172 e. The van der Waals surface area contributed by atoms with E-state index in [9.17, 15) is 0 Å². The second-order valence-electron chi connectivity index (χ2n) is 6.72. The third-order valence-corrected chi connectivity index (χ3v) is 4.86. The van der Waals surface area contributed by atoms with Crippen LogP contribution in [-0.4, -0.2) is 49.4 Å². The van der Waals surface area contributed by atoms with Crippen molar-refractivity contribution in [2.24, 2.45) is 0 Å². The number of ether oxygens (including phenoxy) is 2. The molecule has 146 valence electrons. The van der Waals surface area contributed by atoms with Crippen LogP contribution in [-0.2, 0) is 9.47 Å². The van der Waals surface area contributed by atoms with Crippen LogP contribution in [0, 0.1) is 0 Å². The van der Waals surface area contributed by atoms with E-state index in [1.54, 1.807) is 0 Å².